The quantitative estimate of drug-likeness (QED) is 0.719. The summed E-state index contributed by atoms with van der Waals surface area (Å²) in [7, 11) is 0. The second kappa shape index (κ2) is 5.86. The first kappa shape index (κ1) is 12.2. The monoisotopic (exact) mass is 221 g/mol. The maximum atomic E-state index is 5.74. The van der Waals surface area contributed by atoms with Crippen molar-refractivity contribution in [2.24, 2.45) is 23.5 Å². The van der Waals surface area contributed by atoms with Gasteiger partial charge in [0.15, 0.2) is 0 Å². The van der Waals surface area contributed by atoms with E-state index in [9.17, 15) is 0 Å². The van der Waals surface area contributed by atoms with Gasteiger partial charge in [0.25, 0.3) is 0 Å². The number of allylic oxidation sites excluding steroid dienone is 2. The van der Waals surface area contributed by atoms with Gasteiger partial charge >= 0.3 is 0 Å². The molecule has 0 aliphatic heterocycles. The molecule has 2 aliphatic carbocycles. The van der Waals surface area contributed by atoms with Crippen LogP contribution in [0, 0.1) is 17.8 Å². The summed E-state index contributed by atoms with van der Waals surface area (Å²) in [6, 6.07) is 0. The molecule has 0 radical (unpaired) electrons. The predicted octanol–water partition coefficient (Wildman–Crippen LogP) is 3.89. The van der Waals surface area contributed by atoms with Gasteiger partial charge in [0.05, 0.1) is 0 Å². The summed E-state index contributed by atoms with van der Waals surface area (Å²) in [5.74, 6) is 2.71. The van der Waals surface area contributed by atoms with E-state index in [1.54, 1.807) is 5.57 Å². The third-order valence-corrected chi connectivity index (χ3v) is 4.77. The first-order valence-corrected chi connectivity index (χ1v) is 7.22. The fourth-order valence-electron chi connectivity index (χ4n) is 3.49. The normalized spacial score (nSPS) is 35.9. The SMILES string of the molecule is CCC1CCC[C@@H](C2=CCC(CN)CC2)C1. The van der Waals surface area contributed by atoms with Crippen molar-refractivity contribution in [3.05, 3.63) is 11.6 Å². The Hall–Kier alpha value is -0.300. The molecule has 2 unspecified atom stereocenters. The predicted molar refractivity (Wildman–Crippen MR) is 70.2 cm³/mol. The van der Waals surface area contributed by atoms with Crippen LogP contribution in [-0.4, -0.2) is 6.54 Å². The first-order chi connectivity index (χ1) is 7.83. The van der Waals surface area contributed by atoms with Crippen molar-refractivity contribution in [3.63, 3.8) is 0 Å². The molecule has 3 atom stereocenters. The number of hydrogen-bond acceptors (Lipinski definition) is 1. The lowest BCUT2D eigenvalue weighted by atomic mass is 9.73. The molecule has 0 aromatic carbocycles. The molecular weight excluding hydrogens is 194 g/mol. The van der Waals surface area contributed by atoms with E-state index in [-0.39, 0.29) is 0 Å². The summed E-state index contributed by atoms with van der Waals surface area (Å²) < 4.78 is 0. The van der Waals surface area contributed by atoms with Crippen molar-refractivity contribution in [3.8, 4) is 0 Å². The zero-order valence-electron chi connectivity index (χ0n) is 10.8. The molecule has 0 aromatic heterocycles. The highest BCUT2D eigenvalue weighted by atomic mass is 14.5. The van der Waals surface area contributed by atoms with E-state index in [0.29, 0.717) is 0 Å². The summed E-state index contributed by atoms with van der Waals surface area (Å²) in [6.45, 7) is 3.23. The third-order valence-electron chi connectivity index (χ3n) is 4.77. The number of nitrogens with two attached hydrogens (primary N) is 1. The molecule has 0 bridgehead atoms. The van der Waals surface area contributed by atoms with Crippen molar-refractivity contribution in [1.29, 1.82) is 0 Å². The zero-order chi connectivity index (χ0) is 11.4. The molecule has 16 heavy (non-hydrogen) atoms. The third kappa shape index (κ3) is 2.88. The largest absolute Gasteiger partial charge is 0.330 e. The molecule has 2 aliphatic rings. The van der Waals surface area contributed by atoms with Gasteiger partial charge in [0, 0.05) is 0 Å². The summed E-state index contributed by atoms with van der Waals surface area (Å²) in [5.41, 5.74) is 7.52. The lowest BCUT2D eigenvalue weighted by molar-refractivity contribution is 0.278. The Morgan fingerprint density at radius 3 is 2.75 bits per heavy atom. The minimum Gasteiger partial charge on any atom is -0.330 e. The fourth-order valence-corrected chi connectivity index (χ4v) is 3.49. The van der Waals surface area contributed by atoms with Crippen LogP contribution in [0.3, 0.4) is 0 Å². The van der Waals surface area contributed by atoms with Crippen LogP contribution in [0.1, 0.15) is 58.3 Å². The molecule has 2 N–H and O–H groups in total. The van der Waals surface area contributed by atoms with E-state index >= 15 is 0 Å². The Bertz CT molecular complexity index is 244. The Morgan fingerprint density at radius 1 is 1.25 bits per heavy atom. The lowest BCUT2D eigenvalue weighted by Crippen LogP contribution is -2.21. The molecule has 0 aromatic rings. The van der Waals surface area contributed by atoms with E-state index in [2.05, 4.69) is 13.0 Å². The van der Waals surface area contributed by atoms with Crippen LogP contribution < -0.4 is 5.73 Å². The minimum absolute atomic E-state index is 0.773. The molecular formula is C15H27N. The summed E-state index contributed by atoms with van der Waals surface area (Å²) in [5, 5.41) is 0. The Labute approximate surface area is 100 Å². The van der Waals surface area contributed by atoms with E-state index in [1.165, 1.54) is 51.4 Å². The van der Waals surface area contributed by atoms with Gasteiger partial charge in [-0.25, -0.2) is 0 Å². The summed E-state index contributed by atoms with van der Waals surface area (Å²) in [4.78, 5) is 0. The molecule has 0 saturated heterocycles. The molecule has 1 saturated carbocycles. The van der Waals surface area contributed by atoms with Crippen molar-refractivity contribution in [2.45, 2.75) is 58.3 Å². The first-order valence-electron chi connectivity index (χ1n) is 7.22. The van der Waals surface area contributed by atoms with Crippen LogP contribution in [0.4, 0.5) is 0 Å². The van der Waals surface area contributed by atoms with Gasteiger partial charge in [-0.3, -0.25) is 0 Å². The average Bonchev–Trinajstić information content (AvgIpc) is 2.39. The highest BCUT2D eigenvalue weighted by molar-refractivity contribution is 5.11. The van der Waals surface area contributed by atoms with Gasteiger partial charge in [-0.15, -0.1) is 0 Å². The van der Waals surface area contributed by atoms with Crippen LogP contribution in [0.5, 0.6) is 0 Å². The van der Waals surface area contributed by atoms with Gasteiger partial charge in [0.1, 0.15) is 0 Å². The molecule has 1 heteroatoms. The number of rotatable bonds is 3. The van der Waals surface area contributed by atoms with Crippen LogP contribution in [-0.2, 0) is 0 Å². The molecule has 2 rings (SSSR count). The Morgan fingerprint density at radius 2 is 2.12 bits per heavy atom. The minimum atomic E-state index is 0.773. The Balaban J connectivity index is 1.90. The highest BCUT2D eigenvalue weighted by Crippen LogP contribution is 2.39. The van der Waals surface area contributed by atoms with E-state index in [0.717, 1.165) is 24.3 Å². The summed E-state index contributed by atoms with van der Waals surface area (Å²) in [6.07, 6.45) is 13.7. The molecule has 1 nitrogen and oxygen atoms in total. The molecule has 92 valence electrons. The van der Waals surface area contributed by atoms with Crippen molar-refractivity contribution < 1.29 is 0 Å². The maximum absolute atomic E-state index is 5.74. The maximum Gasteiger partial charge on any atom is -0.00458 e. The average molecular weight is 221 g/mol. The van der Waals surface area contributed by atoms with Crippen molar-refractivity contribution in [2.75, 3.05) is 6.54 Å². The van der Waals surface area contributed by atoms with Gasteiger partial charge in [-0.1, -0.05) is 37.8 Å². The molecule has 0 amide bonds. The van der Waals surface area contributed by atoms with Gasteiger partial charge in [0.2, 0.25) is 0 Å². The standard InChI is InChI=1S/C15H27N/c1-2-12-4-3-5-15(10-12)14-8-6-13(11-16)7-9-14/h8,12-13,15H,2-7,9-11,16H2,1H3/t12?,13?,15-/m1/s1. The van der Waals surface area contributed by atoms with Crippen LogP contribution >= 0.6 is 0 Å². The van der Waals surface area contributed by atoms with E-state index < -0.39 is 0 Å². The smallest absolute Gasteiger partial charge is 0.00458 e. The Kier molecular flexibility index (Phi) is 4.45. The van der Waals surface area contributed by atoms with Crippen LogP contribution in [0.15, 0.2) is 11.6 Å². The van der Waals surface area contributed by atoms with Crippen LogP contribution in [0.25, 0.3) is 0 Å². The van der Waals surface area contributed by atoms with E-state index in [1.807, 2.05) is 0 Å². The summed E-state index contributed by atoms with van der Waals surface area (Å²) >= 11 is 0. The molecule has 1 fully saturated rings. The second-order valence-corrected chi connectivity index (χ2v) is 5.79. The zero-order valence-corrected chi connectivity index (χ0v) is 10.8. The van der Waals surface area contributed by atoms with Gasteiger partial charge < -0.3 is 5.73 Å². The molecule has 0 spiro atoms. The highest BCUT2D eigenvalue weighted by Gasteiger charge is 2.25. The molecule has 0 heterocycles. The van der Waals surface area contributed by atoms with Gasteiger partial charge in [-0.05, 0) is 56.4 Å². The lowest BCUT2D eigenvalue weighted by Gasteiger charge is -2.33. The number of hydrogen-bond donors (Lipinski definition) is 1. The van der Waals surface area contributed by atoms with Gasteiger partial charge in [-0.2, -0.15) is 0 Å². The van der Waals surface area contributed by atoms with Crippen molar-refractivity contribution >= 4 is 0 Å². The van der Waals surface area contributed by atoms with Crippen molar-refractivity contribution in [1.82, 2.24) is 0 Å². The second-order valence-electron chi connectivity index (χ2n) is 5.79. The fraction of sp³-hybridized carbons (Fsp3) is 0.867. The van der Waals surface area contributed by atoms with E-state index in [4.69, 9.17) is 5.73 Å². The van der Waals surface area contributed by atoms with Crippen LogP contribution in [0.2, 0.25) is 0 Å². The topological polar surface area (TPSA) is 26.0 Å².